The Labute approximate surface area is 67.3 Å². The number of hydrogen-bond donors (Lipinski definition) is 2. The number of rotatable bonds is 2. The van der Waals surface area contributed by atoms with Gasteiger partial charge in [0.1, 0.15) is 0 Å². The molecule has 64 valence electrons. The maximum absolute atomic E-state index is 11.1. The van der Waals surface area contributed by atoms with E-state index in [4.69, 9.17) is 5.73 Å². The van der Waals surface area contributed by atoms with E-state index in [0.29, 0.717) is 18.4 Å². The Bertz CT molecular complexity index is 156. The lowest BCUT2D eigenvalue weighted by Crippen LogP contribution is -2.28. The zero-order chi connectivity index (χ0) is 8.43. The number of amides is 1. The summed E-state index contributed by atoms with van der Waals surface area (Å²) in [7, 11) is 0. The van der Waals surface area contributed by atoms with Crippen molar-refractivity contribution in [3.8, 4) is 0 Å². The van der Waals surface area contributed by atoms with Gasteiger partial charge in [0.05, 0.1) is 5.92 Å². The van der Waals surface area contributed by atoms with Crippen molar-refractivity contribution in [1.29, 1.82) is 0 Å². The lowest BCUT2D eigenvalue weighted by Gasteiger charge is -2.17. The Hall–Kier alpha value is -0.570. The number of nitrogens with two attached hydrogens (primary N) is 1. The Balaban J connectivity index is 2.61. The first kappa shape index (κ1) is 8.53. The molecule has 0 aromatic carbocycles. The van der Waals surface area contributed by atoms with Crippen LogP contribution in [0.5, 0.6) is 0 Å². The minimum atomic E-state index is 0.0509. The maximum atomic E-state index is 11.1. The fourth-order valence-corrected chi connectivity index (χ4v) is 1.67. The molecular formula is C8H16N2O. The van der Waals surface area contributed by atoms with E-state index < -0.39 is 0 Å². The van der Waals surface area contributed by atoms with E-state index in [9.17, 15) is 4.79 Å². The van der Waals surface area contributed by atoms with Crippen molar-refractivity contribution >= 4 is 5.91 Å². The fraction of sp³-hybridized carbons (Fsp3) is 0.875. The molecule has 3 nitrogen and oxygen atoms in total. The van der Waals surface area contributed by atoms with Crippen LogP contribution in [-0.4, -0.2) is 19.0 Å². The zero-order valence-electron chi connectivity index (χ0n) is 7.13. The average Bonchev–Trinajstić information content (AvgIpc) is 2.30. The summed E-state index contributed by atoms with van der Waals surface area (Å²) in [6.45, 7) is 5.55. The second kappa shape index (κ2) is 3.22. The van der Waals surface area contributed by atoms with Crippen molar-refractivity contribution in [3.63, 3.8) is 0 Å². The van der Waals surface area contributed by atoms with Crippen LogP contribution in [0.25, 0.3) is 0 Å². The van der Waals surface area contributed by atoms with Crippen LogP contribution in [-0.2, 0) is 4.79 Å². The summed E-state index contributed by atoms with van der Waals surface area (Å²) in [5.74, 6) is 1.16. The highest BCUT2D eigenvalue weighted by Crippen LogP contribution is 2.24. The van der Waals surface area contributed by atoms with Crippen molar-refractivity contribution in [2.45, 2.75) is 13.8 Å². The van der Waals surface area contributed by atoms with Crippen LogP contribution in [0.1, 0.15) is 13.8 Å². The summed E-state index contributed by atoms with van der Waals surface area (Å²) in [6, 6.07) is 0. The molecule has 3 heteroatoms. The molecular weight excluding hydrogens is 140 g/mol. The predicted molar refractivity (Wildman–Crippen MR) is 43.9 cm³/mol. The highest BCUT2D eigenvalue weighted by Gasteiger charge is 2.34. The Morgan fingerprint density at radius 2 is 2.36 bits per heavy atom. The minimum Gasteiger partial charge on any atom is -0.355 e. The third-order valence-electron chi connectivity index (χ3n) is 2.48. The van der Waals surface area contributed by atoms with Crippen molar-refractivity contribution in [2.75, 3.05) is 13.1 Å². The average molecular weight is 156 g/mol. The summed E-state index contributed by atoms with van der Waals surface area (Å²) in [5, 5.41) is 2.83. The summed E-state index contributed by atoms with van der Waals surface area (Å²) in [4.78, 5) is 11.1. The monoisotopic (exact) mass is 156 g/mol. The van der Waals surface area contributed by atoms with Crippen LogP contribution in [0.15, 0.2) is 0 Å². The summed E-state index contributed by atoms with van der Waals surface area (Å²) in [5.41, 5.74) is 5.49. The van der Waals surface area contributed by atoms with Gasteiger partial charge in [-0.3, -0.25) is 4.79 Å². The Morgan fingerprint density at radius 3 is 2.73 bits per heavy atom. The van der Waals surface area contributed by atoms with E-state index in [1.807, 2.05) is 0 Å². The number of carbonyl (C=O) groups excluding carboxylic acids is 1. The molecule has 11 heavy (non-hydrogen) atoms. The molecule has 2 unspecified atom stereocenters. The van der Waals surface area contributed by atoms with Gasteiger partial charge in [0.15, 0.2) is 0 Å². The van der Waals surface area contributed by atoms with Gasteiger partial charge in [-0.05, 0) is 11.8 Å². The van der Waals surface area contributed by atoms with E-state index >= 15 is 0 Å². The molecule has 0 aliphatic carbocycles. The first-order valence-electron chi connectivity index (χ1n) is 4.14. The van der Waals surface area contributed by atoms with Crippen molar-refractivity contribution in [1.82, 2.24) is 5.32 Å². The summed E-state index contributed by atoms with van der Waals surface area (Å²) >= 11 is 0. The van der Waals surface area contributed by atoms with Gasteiger partial charge in [0.2, 0.25) is 5.91 Å². The highest BCUT2D eigenvalue weighted by molar-refractivity contribution is 5.81. The molecule has 1 fully saturated rings. The van der Waals surface area contributed by atoms with Gasteiger partial charge < -0.3 is 11.1 Å². The standard InChI is InChI=1S/C8H16N2O/c1-5(2)7-4-10-8(11)6(7)3-9/h5-7H,3-4,9H2,1-2H3,(H,10,11). The third kappa shape index (κ3) is 1.53. The number of hydrogen-bond acceptors (Lipinski definition) is 2. The molecule has 1 heterocycles. The van der Waals surface area contributed by atoms with E-state index in [-0.39, 0.29) is 11.8 Å². The first-order chi connectivity index (χ1) is 5.16. The smallest absolute Gasteiger partial charge is 0.224 e. The minimum absolute atomic E-state index is 0.0509. The SMILES string of the molecule is CC(C)C1CNC(=O)C1CN. The third-order valence-corrected chi connectivity index (χ3v) is 2.48. The second-order valence-electron chi connectivity index (χ2n) is 3.50. The molecule has 1 amide bonds. The Morgan fingerprint density at radius 1 is 1.73 bits per heavy atom. The molecule has 0 aromatic rings. The van der Waals surface area contributed by atoms with E-state index in [2.05, 4.69) is 19.2 Å². The molecule has 0 spiro atoms. The van der Waals surface area contributed by atoms with Gasteiger partial charge in [0, 0.05) is 13.1 Å². The van der Waals surface area contributed by atoms with Crippen LogP contribution in [0.2, 0.25) is 0 Å². The lowest BCUT2D eigenvalue weighted by molar-refractivity contribution is -0.122. The van der Waals surface area contributed by atoms with Gasteiger partial charge >= 0.3 is 0 Å². The molecule has 1 saturated heterocycles. The van der Waals surface area contributed by atoms with E-state index in [0.717, 1.165) is 6.54 Å². The van der Waals surface area contributed by atoms with Gasteiger partial charge in [0.25, 0.3) is 0 Å². The van der Waals surface area contributed by atoms with Crippen LogP contribution < -0.4 is 11.1 Å². The molecule has 2 atom stereocenters. The molecule has 1 rings (SSSR count). The Kier molecular flexibility index (Phi) is 2.49. The normalized spacial score (nSPS) is 31.1. The molecule has 1 aliphatic heterocycles. The number of nitrogens with one attached hydrogen (secondary N) is 1. The van der Waals surface area contributed by atoms with Gasteiger partial charge in [-0.1, -0.05) is 13.8 Å². The summed E-state index contributed by atoms with van der Waals surface area (Å²) < 4.78 is 0. The van der Waals surface area contributed by atoms with Crippen molar-refractivity contribution in [3.05, 3.63) is 0 Å². The molecule has 0 radical (unpaired) electrons. The molecule has 0 saturated carbocycles. The maximum Gasteiger partial charge on any atom is 0.224 e. The zero-order valence-corrected chi connectivity index (χ0v) is 7.13. The highest BCUT2D eigenvalue weighted by atomic mass is 16.2. The molecule has 3 N–H and O–H groups in total. The van der Waals surface area contributed by atoms with Gasteiger partial charge in [-0.2, -0.15) is 0 Å². The van der Waals surface area contributed by atoms with Gasteiger partial charge in [-0.15, -0.1) is 0 Å². The van der Waals surface area contributed by atoms with Crippen LogP contribution in [0.3, 0.4) is 0 Å². The molecule has 1 aliphatic rings. The van der Waals surface area contributed by atoms with Crippen molar-refractivity contribution in [2.24, 2.45) is 23.5 Å². The van der Waals surface area contributed by atoms with Gasteiger partial charge in [-0.25, -0.2) is 0 Å². The fourth-order valence-electron chi connectivity index (χ4n) is 1.67. The lowest BCUT2D eigenvalue weighted by atomic mass is 9.86. The van der Waals surface area contributed by atoms with E-state index in [1.165, 1.54) is 0 Å². The van der Waals surface area contributed by atoms with Crippen LogP contribution in [0.4, 0.5) is 0 Å². The summed E-state index contributed by atoms with van der Waals surface area (Å²) in [6.07, 6.45) is 0. The van der Waals surface area contributed by atoms with Crippen molar-refractivity contribution < 1.29 is 4.79 Å². The topological polar surface area (TPSA) is 55.1 Å². The number of carbonyl (C=O) groups is 1. The van der Waals surface area contributed by atoms with E-state index in [1.54, 1.807) is 0 Å². The molecule has 0 aromatic heterocycles. The largest absolute Gasteiger partial charge is 0.355 e. The quantitative estimate of drug-likeness (QED) is 0.589. The second-order valence-corrected chi connectivity index (χ2v) is 3.50. The van der Waals surface area contributed by atoms with Crippen LogP contribution >= 0.6 is 0 Å². The molecule has 0 bridgehead atoms. The first-order valence-corrected chi connectivity index (χ1v) is 4.14. The predicted octanol–water partition coefficient (Wildman–Crippen LogP) is -0.0367. The van der Waals surface area contributed by atoms with Crippen LogP contribution in [0, 0.1) is 17.8 Å².